The molecule has 0 spiro atoms. The zero-order chi connectivity index (χ0) is 26.6. The number of hydrogen-bond donors (Lipinski definition) is 2. The van der Waals surface area contributed by atoms with Crippen molar-refractivity contribution >= 4 is 22.4 Å². The number of aryl methyl sites for hydroxylation is 1. The maximum absolute atomic E-state index is 4.94. The van der Waals surface area contributed by atoms with E-state index in [9.17, 15) is 0 Å². The second-order valence-corrected chi connectivity index (χ2v) is 10.4. The molecule has 6 nitrogen and oxygen atoms in total. The summed E-state index contributed by atoms with van der Waals surface area (Å²) in [6, 6.07) is 25.6. The molecule has 1 radical (unpaired) electrons. The molecule has 7 heteroatoms. The van der Waals surface area contributed by atoms with E-state index in [1.807, 2.05) is 0 Å². The molecule has 0 unspecified atom stereocenters. The van der Waals surface area contributed by atoms with Crippen LogP contribution in [0.1, 0.15) is 48.3 Å². The van der Waals surface area contributed by atoms with Crippen LogP contribution in [0.2, 0.25) is 0 Å². The molecular formula is C33H34N5OY-. The Bertz CT molecular complexity index is 1540. The average molecular weight is 606 g/mol. The fourth-order valence-electron chi connectivity index (χ4n) is 4.94. The smallest absolute Gasteiger partial charge is 0.141 e. The van der Waals surface area contributed by atoms with Crippen LogP contribution in [-0.4, -0.2) is 28.1 Å². The number of nitrogens with zero attached hydrogens (tertiary/aromatic N) is 3. The molecule has 0 atom stereocenters. The van der Waals surface area contributed by atoms with E-state index < -0.39 is 0 Å². The van der Waals surface area contributed by atoms with Gasteiger partial charge in [0.2, 0.25) is 0 Å². The van der Waals surface area contributed by atoms with Gasteiger partial charge in [0.1, 0.15) is 12.0 Å². The molecule has 3 aromatic carbocycles. The van der Waals surface area contributed by atoms with Crippen molar-refractivity contribution in [1.82, 2.24) is 20.4 Å². The second kappa shape index (κ2) is 13.2. The van der Waals surface area contributed by atoms with Gasteiger partial charge >= 0.3 is 0 Å². The number of rotatable bonds is 5. The summed E-state index contributed by atoms with van der Waals surface area (Å²) >= 11 is 0. The van der Waals surface area contributed by atoms with Crippen molar-refractivity contribution in [2.75, 3.05) is 13.2 Å². The molecule has 3 heterocycles. The molecule has 40 heavy (non-hydrogen) atoms. The van der Waals surface area contributed by atoms with E-state index >= 15 is 0 Å². The third-order valence-electron chi connectivity index (χ3n) is 7.42. The normalized spacial score (nSPS) is 14.7. The van der Waals surface area contributed by atoms with E-state index in [0.29, 0.717) is 0 Å². The van der Waals surface area contributed by atoms with E-state index in [1.165, 1.54) is 36.8 Å². The van der Waals surface area contributed by atoms with Crippen molar-refractivity contribution in [3.05, 3.63) is 101 Å². The number of hydroxylamine groups is 1. The number of fused-ring (bicyclic) bond motifs is 1. The largest absolute Gasteiger partial charge is 0.658 e. The van der Waals surface area contributed by atoms with Crippen molar-refractivity contribution in [3.8, 4) is 22.5 Å². The average Bonchev–Trinajstić information content (AvgIpc) is 3.74. The SMILES string of the molecule is C1CCONC1.Cc1ccc(-c2cc3c(-c4cccc([N-]c5ccc(C6CC6)cc5)c4C)ncnc3[nH]2)cc1.[Y]. The Morgan fingerprint density at radius 1 is 0.900 bits per heavy atom. The topological polar surface area (TPSA) is 76.9 Å². The van der Waals surface area contributed by atoms with Crippen molar-refractivity contribution in [2.24, 2.45) is 0 Å². The standard InChI is InChI=1S/C29H25N4.C4H9NO.Y/c1-18-6-8-22(9-7-18)27-16-25-28(30-17-31-29(25)33-27)24-4-3-5-26(19(24)2)32-23-14-12-21(13-15-23)20-10-11-20;1-2-4-6-5-3-1;/h3-9,12-17,20H,10-11H2,1-2H3,(H,30,31,33);5H,1-4H2;/q-1;;. The maximum atomic E-state index is 4.94. The summed E-state index contributed by atoms with van der Waals surface area (Å²) in [7, 11) is 0. The van der Waals surface area contributed by atoms with Crippen LogP contribution in [0.5, 0.6) is 0 Å². The predicted molar refractivity (Wildman–Crippen MR) is 159 cm³/mol. The molecule has 201 valence electrons. The first-order valence-corrected chi connectivity index (χ1v) is 13.8. The number of benzene rings is 3. The van der Waals surface area contributed by atoms with Gasteiger partial charge in [0.05, 0.1) is 12.3 Å². The fraction of sp³-hybridized carbons (Fsp3) is 0.273. The van der Waals surface area contributed by atoms with Gasteiger partial charge < -0.3 is 15.1 Å². The summed E-state index contributed by atoms with van der Waals surface area (Å²) in [6.45, 7) is 6.13. The molecule has 0 amide bonds. The third kappa shape index (κ3) is 6.69. The van der Waals surface area contributed by atoms with Crippen LogP contribution in [0.25, 0.3) is 38.9 Å². The Morgan fingerprint density at radius 2 is 1.70 bits per heavy atom. The summed E-state index contributed by atoms with van der Waals surface area (Å²) in [4.78, 5) is 17.4. The van der Waals surface area contributed by atoms with Crippen LogP contribution in [0.3, 0.4) is 0 Å². The van der Waals surface area contributed by atoms with Crippen LogP contribution in [0.15, 0.2) is 79.1 Å². The molecule has 1 aliphatic carbocycles. The number of hydrogen-bond acceptors (Lipinski definition) is 4. The number of nitrogens with one attached hydrogen (secondary N) is 2. The molecule has 2 N–H and O–H groups in total. The number of aromatic nitrogens is 3. The van der Waals surface area contributed by atoms with Crippen LogP contribution in [0, 0.1) is 13.8 Å². The minimum Gasteiger partial charge on any atom is -0.658 e. The summed E-state index contributed by atoms with van der Waals surface area (Å²) < 4.78 is 0. The van der Waals surface area contributed by atoms with E-state index in [0.717, 1.165) is 69.6 Å². The monoisotopic (exact) mass is 605 g/mol. The Hall–Kier alpha value is -2.90. The molecule has 1 saturated heterocycles. The minimum absolute atomic E-state index is 0. The Morgan fingerprint density at radius 3 is 2.35 bits per heavy atom. The summed E-state index contributed by atoms with van der Waals surface area (Å²) in [5.74, 6) is 0.760. The third-order valence-corrected chi connectivity index (χ3v) is 7.42. The van der Waals surface area contributed by atoms with Crippen LogP contribution >= 0.6 is 0 Å². The van der Waals surface area contributed by atoms with Crippen molar-refractivity contribution < 1.29 is 37.5 Å². The zero-order valence-electron chi connectivity index (χ0n) is 23.2. The zero-order valence-corrected chi connectivity index (χ0v) is 26.0. The maximum Gasteiger partial charge on any atom is 0.141 e. The Labute approximate surface area is 261 Å². The van der Waals surface area contributed by atoms with Gasteiger partial charge in [-0.15, -0.1) is 11.4 Å². The quantitative estimate of drug-likeness (QED) is 0.211. The molecular weight excluding hydrogens is 571 g/mol. The number of aromatic amines is 1. The van der Waals surface area contributed by atoms with E-state index in [1.54, 1.807) is 6.33 Å². The first kappa shape index (κ1) is 28.6. The van der Waals surface area contributed by atoms with Gasteiger partial charge in [0, 0.05) is 55.9 Å². The number of H-pyrrole nitrogens is 1. The predicted octanol–water partition coefficient (Wildman–Crippen LogP) is 8.42. The van der Waals surface area contributed by atoms with E-state index in [-0.39, 0.29) is 32.7 Å². The molecule has 7 rings (SSSR count). The molecule has 1 saturated carbocycles. The van der Waals surface area contributed by atoms with Gasteiger partial charge in [-0.25, -0.2) is 15.4 Å². The van der Waals surface area contributed by atoms with E-state index in [4.69, 9.17) is 10.2 Å². The first-order chi connectivity index (χ1) is 19.2. The fourth-order valence-corrected chi connectivity index (χ4v) is 4.94. The molecule has 2 aromatic heterocycles. The Balaban J connectivity index is 0.000000411. The molecule has 1 aliphatic heterocycles. The van der Waals surface area contributed by atoms with Crippen molar-refractivity contribution in [2.45, 2.75) is 45.4 Å². The molecule has 5 aromatic rings. The summed E-state index contributed by atoms with van der Waals surface area (Å²) in [5, 5.41) is 5.95. The van der Waals surface area contributed by atoms with Crippen LogP contribution in [-0.2, 0) is 37.5 Å². The van der Waals surface area contributed by atoms with Gasteiger partial charge in [-0.3, -0.25) is 0 Å². The molecule has 2 aliphatic rings. The second-order valence-electron chi connectivity index (χ2n) is 10.4. The van der Waals surface area contributed by atoms with Gasteiger partial charge in [-0.1, -0.05) is 77.9 Å². The summed E-state index contributed by atoms with van der Waals surface area (Å²) in [6.07, 6.45) is 6.74. The Kier molecular flexibility index (Phi) is 9.43. The first-order valence-electron chi connectivity index (χ1n) is 13.8. The minimum atomic E-state index is 0. The van der Waals surface area contributed by atoms with Crippen LogP contribution < -0.4 is 5.48 Å². The van der Waals surface area contributed by atoms with E-state index in [2.05, 4.69) is 107 Å². The van der Waals surface area contributed by atoms with Crippen molar-refractivity contribution in [3.63, 3.8) is 0 Å². The van der Waals surface area contributed by atoms with Gasteiger partial charge in [-0.05, 0) is 62.6 Å². The summed E-state index contributed by atoms with van der Waals surface area (Å²) in [5.41, 5.74) is 13.5. The van der Waals surface area contributed by atoms with Gasteiger partial charge in [-0.2, -0.15) is 0 Å². The van der Waals surface area contributed by atoms with Crippen LogP contribution in [0.4, 0.5) is 11.4 Å². The molecule has 0 bridgehead atoms. The van der Waals surface area contributed by atoms with Gasteiger partial charge in [0.15, 0.2) is 0 Å². The molecule has 2 fully saturated rings. The van der Waals surface area contributed by atoms with Crippen molar-refractivity contribution in [1.29, 1.82) is 0 Å². The van der Waals surface area contributed by atoms with Gasteiger partial charge in [0.25, 0.3) is 0 Å².